The summed E-state index contributed by atoms with van der Waals surface area (Å²) in [6.07, 6.45) is 0.959. The Bertz CT molecular complexity index is 1540. The lowest BCUT2D eigenvalue weighted by atomic mass is 9.90. The van der Waals surface area contributed by atoms with Crippen molar-refractivity contribution in [2.75, 3.05) is 31.5 Å². The average molecular weight is 592 g/mol. The van der Waals surface area contributed by atoms with Gasteiger partial charge in [0.2, 0.25) is 15.9 Å². The Kier molecular flexibility index (Phi) is 8.11. The summed E-state index contributed by atoms with van der Waals surface area (Å²) in [7, 11) is -3.76. The van der Waals surface area contributed by atoms with E-state index >= 15 is 0 Å². The summed E-state index contributed by atoms with van der Waals surface area (Å²) in [4.78, 5) is 26.3. The predicted octanol–water partition coefficient (Wildman–Crippen LogP) is 4.90. The number of alkyl halides is 3. The number of hydrogen-bond donors (Lipinski definition) is 1. The Morgan fingerprint density at radius 1 is 0.951 bits per heavy atom. The summed E-state index contributed by atoms with van der Waals surface area (Å²) in [5, 5.41) is 6.34. The minimum absolute atomic E-state index is 0.0982. The van der Waals surface area contributed by atoms with E-state index in [2.05, 4.69) is 10.4 Å². The zero-order valence-corrected chi connectivity index (χ0v) is 23.5. The maximum absolute atomic E-state index is 14.0. The molecule has 0 atom stereocenters. The number of piperidine rings is 1. The molecule has 9 nitrogen and oxygen atoms in total. The Hall–Kier alpha value is -3.45. The molecule has 13 heteroatoms. The van der Waals surface area contributed by atoms with Gasteiger partial charge < -0.3 is 10.2 Å². The zero-order chi connectivity index (χ0) is 29.4. The highest BCUT2D eigenvalue weighted by Gasteiger charge is 2.41. The summed E-state index contributed by atoms with van der Waals surface area (Å²) in [6.45, 7) is 2.66. The number of sulfonamides is 1. The molecule has 4 heterocycles. The quantitative estimate of drug-likeness (QED) is 0.455. The van der Waals surface area contributed by atoms with Crippen molar-refractivity contribution in [3.8, 4) is 0 Å². The van der Waals surface area contributed by atoms with E-state index in [4.69, 9.17) is 0 Å². The number of rotatable bonds is 5. The molecule has 1 N–H and O–H groups in total. The molecule has 5 rings (SSSR count). The van der Waals surface area contributed by atoms with E-state index in [1.165, 1.54) is 46.6 Å². The molecule has 41 heavy (non-hydrogen) atoms. The minimum atomic E-state index is -4.79. The van der Waals surface area contributed by atoms with Crippen molar-refractivity contribution in [3.63, 3.8) is 0 Å². The van der Waals surface area contributed by atoms with Gasteiger partial charge in [-0.2, -0.15) is 22.6 Å². The first kappa shape index (κ1) is 29.1. The van der Waals surface area contributed by atoms with E-state index in [0.29, 0.717) is 31.6 Å². The highest BCUT2D eigenvalue weighted by Crippen LogP contribution is 2.36. The van der Waals surface area contributed by atoms with Gasteiger partial charge >= 0.3 is 6.18 Å². The summed E-state index contributed by atoms with van der Waals surface area (Å²) in [5.41, 5.74) is -0.266. The van der Waals surface area contributed by atoms with Crippen LogP contribution in [-0.2, 0) is 21.0 Å². The Balaban J connectivity index is 1.37. The third kappa shape index (κ3) is 6.10. The van der Waals surface area contributed by atoms with E-state index in [0.717, 1.165) is 35.8 Å². The number of pyridine rings is 1. The van der Waals surface area contributed by atoms with Gasteiger partial charge in [0.15, 0.2) is 5.69 Å². The monoisotopic (exact) mass is 591 g/mol. The van der Waals surface area contributed by atoms with Crippen LogP contribution >= 0.6 is 0 Å². The number of benzene rings is 1. The van der Waals surface area contributed by atoms with Gasteiger partial charge in [0.1, 0.15) is 0 Å². The fourth-order valence-electron chi connectivity index (χ4n) is 5.65. The Morgan fingerprint density at radius 3 is 2.17 bits per heavy atom. The minimum Gasteiger partial charge on any atom is -0.339 e. The number of carbonyl (C=O) groups is 2. The van der Waals surface area contributed by atoms with E-state index < -0.39 is 33.4 Å². The van der Waals surface area contributed by atoms with Gasteiger partial charge in [-0.15, -0.1) is 0 Å². The molecule has 1 aromatic carbocycles. The van der Waals surface area contributed by atoms with Crippen LogP contribution in [0.3, 0.4) is 0 Å². The van der Waals surface area contributed by atoms with Crippen molar-refractivity contribution in [1.82, 2.24) is 18.8 Å². The summed E-state index contributed by atoms with van der Waals surface area (Å²) in [5.74, 6) is -1.01. The standard InChI is InChI=1S/C28H32F3N5O4S/c1-19(37)32-22-6-8-23(9-7-22)41(39,40)35-15-10-20(11-16-35)21-12-17-36-24(18-21)25(26(33-36)28(29,30)31)27(38)34-13-4-2-3-5-14-34/h6-9,12,17-18,20H,2-5,10-11,13-16H2,1H3,(H,32,37). The number of nitrogens with one attached hydrogen (secondary N) is 1. The van der Waals surface area contributed by atoms with Crippen molar-refractivity contribution in [2.24, 2.45) is 0 Å². The highest BCUT2D eigenvalue weighted by molar-refractivity contribution is 7.89. The van der Waals surface area contributed by atoms with Gasteiger partial charge in [0.25, 0.3) is 5.91 Å². The topological polar surface area (TPSA) is 104 Å². The lowest BCUT2D eigenvalue weighted by Gasteiger charge is -2.31. The van der Waals surface area contributed by atoms with Gasteiger partial charge in [-0.1, -0.05) is 12.8 Å². The molecule has 0 bridgehead atoms. The first-order chi connectivity index (χ1) is 19.4. The van der Waals surface area contributed by atoms with Crippen molar-refractivity contribution in [3.05, 3.63) is 59.4 Å². The SMILES string of the molecule is CC(=O)Nc1ccc(S(=O)(=O)N2CCC(c3ccn4nc(C(F)(F)F)c(C(=O)N5CCCCCC5)c4c3)CC2)cc1. The molecule has 2 aliphatic heterocycles. The number of aromatic nitrogens is 2. The fraction of sp³-hybridized carbons (Fsp3) is 0.464. The van der Waals surface area contributed by atoms with Crippen molar-refractivity contribution in [1.29, 1.82) is 0 Å². The average Bonchev–Trinajstić information content (AvgIpc) is 3.12. The second kappa shape index (κ2) is 11.4. The van der Waals surface area contributed by atoms with E-state index in [1.54, 1.807) is 12.1 Å². The van der Waals surface area contributed by atoms with E-state index in [1.807, 2.05) is 0 Å². The van der Waals surface area contributed by atoms with Crippen LogP contribution in [0, 0.1) is 0 Å². The number of fused-ring (bicyclic) bond motifs is 1. The molecule has 0 spiro atoms. The fourth-order valence-corrected chi connectivity index (χ4v) is 7.12. The molecule has 0 saturated carbocycles. The molecular formula is C28H32F3N5O4S. The van der Waals surface area contributed by atoms with Gasteiger partial charge in [0, 0.05) is 45.0 Å². The number of anilines is 1. The molecule has 0 aliphatic carbocycles. The van der Waals surface area contributed by atoms with Gasteiger partial charge in [-0.05, 0) is 73.6 Å². The molecular weight excluding hydrogens is 559 g/mol. The van der Waals surface area contributed by atoms with Gasteiger partial charge in [0.05, 0.1) is 16.0 Å². The molecule has 2 aromatic heterocycles. The van der Waals surface area contributed by atoms with Crippen LogP contribution in [0.15, 0.2) is 47.5 Å². The number of amides is 2. The number of carbonyl (C=O) groups excluding carboxylic acids is 2. The molecule has 2 fully saturated rings. The second-order valence-electron chi connectivity index (χ2n) is 10.6. The highest BCUT2D eigenvalue weighted by atomic mass is 32.2. The molecule has 2 saturated heterocycles. The van der Waals surface area contributed by atoms with Crippen LogP contribution in [0.1, 0.15) is 73.0 Å². The molecule has 2 amide bonds. The molecule has 220 valence electrons. The third-order valence-corrected chi connectivity index (χ3v) is 9.69. The summed E-state index contributed by atoms with van der Waals surface area (Å²) in [6, 6.07) is 9.24. The number of halogens is 3. The number of likely N-dealkylation sites (tertiary alicyclic amines) is 1. The zero-order valence-electron chi connectivity index (χ0n) is 22.7. The first-order valence-corrected chi connectivity index (χ1v) is 15.2. The van der Waals surface area contributed by atoms with Crippen molar-refractivity contribution < 1.29 is 31.2 Å². The molecule has 3 aromatic rings. The van der Waals surface area contributed by atoms with Gasteiger partial charge in [-0.25, -0.2) is 12.9 Å². The molecule has 2 aliphatic rings. The second-order valence-corrected chi connectivity index (χ2v) is 12.5. The van der Waals surface area contributed by atoms with Crippen LogP contribution in [0.25, 0.3) is 5.52 Å². The lowest BCUT2D eigenvalue weighted by Crippen LogP contribution is -2.37. The maximum Gasteiger partial charge on any atom is 0.436 e. The van der Waals surface area contributed by atoms with E-state index in [9.17, 15) is 31.2 Å². The maximum atomic E-state index is 14.0. The first-order valence-electron chi connectivity index (χ1n) is 13.7. The van der Waals surface area contributed by atoms with Crippen LogP contribution in [-0.4, -0.2) is 65.2 Å². The summed E-state index contributed by atoms with van der Waals surface area (Å²) < 4.78 is 70.9. The lowest BCUT2D eigenvalue weighted by molar-refractivity contribution is -0.141. The van der Waals surface area contributed by atoms with Crippen LogP contribution in [0.4, 0.5) is 18.9 Å². The summed E-state index contributed by atoms with van der Waals surface area (Å²) >= 11 is 0. The van der Waals surface area contributed by atoms with E-state index in [-0.39, 0.29) is 35.3 Å². The third-order valence-electron chi connectivity index (χ3n) is 7.77. The largest absolute Gasteiger partial charge is 0.436 e. The number of hydrogen-bond acceptors (Lipinski definition) is 5. The Morgan fingerprint density at radius 2 is 1.59 bits per heavy atom. The smallest absolute Gasteiger partial charge is 0.339 e. The van der Waals surface area contributed by atoms with Crippen LogP contribution in [0.5, 0.6) is 0 Å². The number of nitrogens with zero attached hydrogens (tertiary/aromatic N) is 4. The van der Waals surface area contributed by atoms with Crippen LogP contribution in [0.2, 0.25) is 0 Å². The van der Waals surface area contributed by atoms with Crippen molar-refractivity contribution >= 4 is 33.0 Å². The molecule has 0 radical (unpaired) electrons. The van der Waals surface area contributed by atoms with Crippen LogP contribution < -0.4 is 5.32 Å². The molecule has 0 unspecified atom stereocenters. The van der Waals surface area contributed by atoms with Crippen molar-refractivity contribution in [2.45, 2.75) is 62.4 Å². The predicted molar refractivity (Wildman–Crippen MR) is 146 cm³/mol. The Labute approximate surface area is 236 Å². The normalized spacial score (nSPS) is 17.9. The van der Waals surface area contributed by atoms with Gasteiger partial charge in [-0.3, -0.25) is 9.59 Å².